The van der Waals surface area contributed by atoms with Gasteiger partial charge in [0.2, 0.25) is 0 Å². The lowest BCUT2D eigenvalue weighted by molar-refractivity contribution is 0.317. The van der Waals surface area contributed by atoms with Gasteiger partial charge in [0, 0.05) is 5.46 Å². The van der Waals surface area contributed by atoms with Crippen LogP contribution in [0, 0.1) is 6.92 Å². The molecule has 0 aliphatic rings. The summed E-state index contributed by atoms with van der Waals surface area (Å²) in [5.41, 5.74) is 1.46. The van der Waals surface area contributed by atoms with Crippen LogP contribution in [-0.4, -0.2) is 23.8 Å². The van der Waals surface area contributed by atoms with Crippen LogP contribution in [0.2, 0.25) is 0 Å². The molecule has 4 heteroatoms. The van der Waals surface area contributed by atoms with E-state index in [2.05, 4.69) is 0 Å². The van der Waals surface area contributed by atoms with Gasteiger partial charge >= 0.3 is 7.12 Å². The van der Waals surface area contributed by atoms with Crippen LogP contribution in [0.15, 0.2) is 18.2 Å². The topological polar surface area (TPSA) is 49.7 Å². The summed E-state index contributed by atoms with van der Waals surface area (Å²) in [4.78, 5) is 0. The fourth-order valence-electron chi connectivity index (χ4n) is 1.19. The van der Waals surface area contributed by atoms with Gasteiger partial charge in [0.25, 0.3) is 0 Å². The lowest BCUT2D eigenvalue weighted by Gasteiger charge is -2.10. The minimum atomic E-state index is -1.47. The third-order valence-corrected chi connectivity index (χ3v) is 1.91. The molecule has 1 aromatic carbocycles. The van der Waals surface area contributed by atoms with Crippen molar-refractivity contribution >= 4 is 12.6 Å². The third kappa shape index (κ3) is 2.75. The van der Waals surface area contributed by atoms with Gasteiger partial charge < -0.3 is 14.8 Å². The van der Waals surface area contributed by atoms with E-state index in [0.29, 0.717) is 17.8 Å². The van der Waals surface area contributed by atoms with Crippen molar-refractivity contribution in [2.75, 3.05) is 6.61 Å². The molecule has 76 valence electrons. The molecule has 1 rings (SSSR count). The fourth-order valence-corrected chi connectivity index (χ4v) is 1.19. The van der Waals surface area contributed by atoms with Crippen LogP contribution in [0.25, 0.3) is 0 Å². The van der Waals surface area contributed by atoms with Gasteiger partial charge in [0.05, 0.1) is 6.61 Å². The van der Waals surface area contributed by atoms with Crippen molar-refractivity contribution in [1.82, 2.24) is 0 Å². The minimum absolute atomic E-state index is 0.420. The zero-order valence-corrected chi connectivity index (χ0v) is 8.53. The van der Waals surface area contributed by atoms with Gasteiger partial charge in [-0.1, -0.05) is 19.1 Å². The van der Waals surface area contributed by atoms with E-state index < -0.39 is 7.12 Å². The number of hydrogen-bond donors (Lipinski definition) is 2. The molecule has 0 amide bonds. The summed E-state index contributed by atoms with van der Waals surface area (Å²) in [6.07, 6.45) is 0.898. The Bertz CT molecular complexity index is 299. The predicted octanol–water partition coefficient (Wildman–Crippen LogP) is 0.464. The van der Waals surface area contributed by atoms with Crippen molar-refractivity contribution in [3.05, 3.63) is 23.8 Å². The van der Waals surface area contributed by atoms with Gasteiger partial charge in [-0.3, -0.25) is 0 Å². The first kappa shape index (κ1) is 11.1. The van der Waals surface area contributed by atoms with Crippen molar-refractivity contribution in [2.24, 2.45) is 0 Å². The van der Waals surface area contributed by atoms with Crippen LogP contribution in [0.3, 0.4) is 0 Å². The van der Waals surface area contributed by atoms with Crippen LogP contribution in [-0.2, 0) is 0 Å². The summed E-state index contributed by atoms with van der Waals surface area (Å²) in [5, 5.41) is 18.1. The van der Waals surface area contributed by atoms with Gasteiger partial charge in [-0.2, -0.15) is 0 Å². The first-order chi connectivity index (χ1) is 6.65. The molecule has 0 spiro atoms. The SMILES string of the molecule is CCCOc1cc(C)ccc1B(O)O. The summed E-state index contributed by atoms with van der Waals surface area (Å²) in [6, 6.07) is 5.31. The molecule has 0 saturated heterocycles. The molecule has 0 heterocycles. The molecular formula is C10H15BO3. The Balaban J connectivity index is 2.91. The zero-order chi connectivity index (χ0) is 10.6. The average molecular weight is 194 g/mol. The van der Waals surface area contributed by atoms with E-state index in [1.165, 1.54) is 0 Å². The van der Waals surface area contributed by atoms with E-state index >= 15 is 0 Å². The molecular weight excluding hydrogens is 179 g/mol. The normalized spacial score (nSPS) is 10.0. The zero-order valence-electron chi connectivity index (χ0n) is 8.53. The van der Waals surface area contributed by atoms with Gasteiger partial charge in [-0.15, -0.1) is 0 Å². The molecule has 1 aromatic rings. The van der Waals surface area contributed by atoms with E-state index in [1.54, 1.807) is 6.07 Å². The molecule has 14 heavy (non-hydrogen) atoms. The van der Waals surface area contributed by atoms with Gasteiger partial charge in [-0.05, 0) is 25.0 Å². The van der Waals surface area contributed by atoms with Crippen molar-refractivity contribution in [1.29, 1.82) is 0 Å². The Kier molecular flexibility index (Phi) is 3.98. The Morgan fingerprint density at radius 1 is 1.36 bits per heavy atom. The standard InChI is InChI=1S/C10H15BO3/c1-3-6-14-10-7-8(2)4-5-9(10)11(12)13/h4-5,7,12-13H,3,6H2,1-2H3. The second kappa shape index (κ2) is 5.03. The highest BCUT2D eigenvalue weighted by molar-refractivity contribution is 6.59. The summed E-state index contributed by atoms with van der Waals surface area (Å²) in [6.45, 7) is 4.53. The highest BCUT2D eigenvalue weighted by Gasteiger charge is 2.16. The van der Waals surface area contributed by atoms with E-state index in [4.69, 9.17) is 14.8 Å². The monoisotopic (exact) mass is 194 g/mol. The molecule has 3 nitrogen and oxygen atoms in total. The Morgan fingerprint density at radius 3 is 2.64 bits per heavy atom. The Morgan fingerprint density at radius 2 is 2.07 bits per heavy atom. The molecule has 0 fully saturated rings. The third-order valence-electron chi connectivity index (χ3n) is 1.91. The maximum Gasteiger partial charge on any atom is 0.492 e. The molecule has 2 N–H and O–H groups in total. The summed E-state index contributed by atoms with van der Waals surface area (Å²) in [7, 11) is -1.47. The van der Waals surface area contributed by atoms with Crippen LogP contribution in [0.5, 0.6) is 5.75 Å². The molecule has 0 saturated carbocycles. The van der Waals surface area contributed by atoms with Gasteiger partial charge in [-0.25, -0.2) is 0 Å². The van der Waals surface area contributed by atoms with Gasteiger partial charge in [0.1, 0.15) is 5.75 Å². The van der Waals surface area contributed by atoms with Crippen LogP contribution in [0.4, 0.5) is 0 Å². The second-order valence-electron chi connectivity index (χ2n) is 3.26. The maximum absolute atomic E-state index is 9.07. The molecule has 0 aromatic heterocycles. The number of ether oxygens (including phenoxy) is 1. The summed E-state index contributed by atoms with van der Waals surface area (Å²) >= 11 is 0. The summed E-state index contributed by atoms with van der Waals surface area (Å²) < 4.78 is 5.41. The number of hydrogen-bond acceptors (Lipinski definition) is 3. The first-order valence-electron chi connectivity index (χ1n) is 4.74. The Labute approximate surface area is 84.5 Å². The van der Waals surface area contributed by atoms with Crippen molar-refractivity contribution in [3.63, 3.8) is 0 Å². The molecule has 0 radical (unpaired) electrons. The summed E-state index contributed by atoms with van der Waals surface area (Å²) in [5.74, 6) is 0.557. The molecule has 0 aliphatic heterocycles. The van der Waals surface area contributed by atoms with Crippen LogP contribution in [0.1, 0.15) is 18.9 Å². The average Bonchev–Trinajstić information content (AvgIpc) is 2.14. The highest BCUT2D eigenvalue weighted by Crippen LogP contribution is 2.11. The molecule has 0 atom stereocenters. The predicted molar refractivity (Wildman–Crippen MR) is 56.8 cm³/mol. The smallest absolute Gasteiger partial charge is 0.492 e. The Hall–Kier alpha value is -0.995. The van der Waals surface area contributed by atoms with Crippen molar-refractivity contribution in [3.8, 4) is 5.75 Å². The van der Waals surface area contributed by atoms with Crippen molar-refractivity contribution in [2.45, 2.75) is 20.3 Å². The van der Waals surface area contributed by atoms with E-state index in [1.807, 2.05) is 26.0 Å². The molecule has 0 aliphatic carbocycles. The highest BCUT2D eigenvalue weighted by atomic mass is 16.5. The van der Waals surface area contributed by atoms with Crippen LogP contribution < -0.4 is 10.2 Å². The molecule has 0 unspecified atom stereocenters. The minimum Gasteiger partial charge on any atom is -0.494 e. The number of aryl methyl sites for hydroxylation is 1. The lowest BCUT2D eigenvalue weighted by Crippen LogP contribution is -2.31. The first-order valence-corrected chi connectivity index (χ1v) is 4.74. The number of benzene rings is 1. The quantitative estimate of drug-likeness (QED) is 0.684. The maximum atomic E-state index is 9.07. The number of rotatable bonds is 4. The largest absolute Gasteiger partial charge is 0.494 e. The van der Waals surface area contributed by atoms with Crippen molar-refractivity contribution < 1.29 is 14.8 Å². The van der Waals surface area contributed by atoms with Crippen LogP contribution >= 0.6 is 0 Å². The molecule has 0 bridgehead atoms. The van der Waals surface area contributed by atoms with E-state index in [9.17, 15) is 0 Å². The van der Waals surface area contributed by atoms with E-state index in [-0.39, 0.29) is 0 Å². The second-order valence-corrected chi connectivity index (χ2v) is 3.26. The lowest BCUT2D eigenvalue weighted by atomic mass is 9.79. The van der Waals surface area contributed by atoms with E-state index in [0.717, 1.165) is 12.0 Å². The fraction of sp³-hybridized carbons (Fsp3) is 0.400. The van der Waals surface area contributed by atoms with Gasteiger partial charge in [0.15, 0.2) is 0 Å².